The van der Waals surface area contributed by atoms with Gasteiger partial charge in [-0.25, -0.2) is 22.0 Å². The van der Waals surface area contributed by atoms with E-state index in [1.54, 1.807) is 0 Å². The van der Waals surface area contributed by atoms with Gasteiger partial charge in [-0.15, -0.1) is 0 Å². The van der Waals surface area contributed by atoms with E-state index in [0.717, 1.165) is 32.0 Å². The fourth-order valence-corrected chi connectivity index (χ4v) is 1.87. The molecule has 0 aliphatic heterocycles. The highest BCUT2D eigenvalue weighted by atomic mass is 19.2. The summed E-state index contributed by atoms with van der Waals surface area (Å²) in [5, 5.41) is 4.08. The standard InChI is InChI=1S/C17H13F5N2O2/c1-17(2,15(25)23-11-5-3-8(18)7-10(11)20)16(26)24-12-6-4-9(19)13(21)14(12)22/h3-7H,1-2H3,(H,23,25)(H,24,26). The van der Waals surface area contributed by atoms with Gasteiger partial charge in [-0.2, -0.15) is 0 Å². The molecule has 0 aliphatic rings. The minimum absolute atomic E-state index is 0.365. The molecule has 0 atom stereocenters. The average Bonchev–Trinajstić information content (AvgIpc) is 2.57. The normalized spacial score (nSPS) is 11.2. The van der Waals surface area contributed by atoms with Crippen LogP contribution < -0.4 is 10.6 Å². The van der Waals surface area contributed by atoms with Crippen molar-refractivity contribution in [2.45, 2.75) is 13.8 Å². The number of anilines is 2. The summed E-state index contributed by atoms with van der Waals surface area (Å²) in [4.78, 5) is 24.5. The Morgan fingerprint density at radius 3 is 1.88 bits per heavy atom. The van der Waals surface area contributed by atoms with E-state index in [2.05, 4.69) is 5.32 Å². The summed E-state index contributed by atoms with van der Waals surface area (Å²) in [6, 6.07) is 3.81. The van der Waals surface area contributed by atoms with Crippen molar-refractivity contribution in [2.24, 2.45) is 5.41 Å². The molecule has 0 fully saturated rings. The minimum Gasteiger partial charge on any atom is -0.323 e. The Bertz CT molecular complexity index is 884. The maximum atomic E-state index is 13.6. The Morgan fingerprint density at radius 1 is 0.769 bits per heavy atom. The van der Waals surface area contributed by atoms with E-state index >= 15 is 0 Å². The van der Waals surface area contributed by atoms with Crippen LogP contribution in [-0.2, 0) is 9.59 Å². The number of hydrogen-bond acceptors (Lipinski definition) is 2. The highest BCUT2D eigenvalue weighted by molar-refractivity contribution is 6.14. The number of amides is 2. The first-order valence-electron chi connectivity index (χ1n) is 7.25. The molecule has 0 unspecified atom stereocenters. The molecule has 138 valence electrons. The number of halogens is 5. The van der Waals surface area contributed by atoms with Gasteiger partial charge in [-0.1, -0.05) is 0 Å². The van der Waals surface area contributed by atoms with E-state index in [1.807, 2.05) is 5.32 Å². The summed E-state index contributed by atoms with van der Waals surface area (Å²) in [6.07, 6.45) is 0. The van der Waals surface area contributed by atoms with Crippen LogP contribution >= 0.6 is 0 Å². The zero-order valence-electron chi connectivity index (χ0n) is 13.6. The van der Waals surface area contributed by atoms with Crippen LogP contribution in [0.25, 0.3) is 0 Å². The van der Waals surface area contributed by atoms with Gasteiger partial charge in [0.15, 0.2) is 17.5 Å². The topological polar surface area (TPSA) is 58.2 Å². The monoisotopic (exact) mass is 372 g/mol. The predicted molar refractivity (Wildman–Crippen MR) is 83.7 cm³/mol. The van der Waals surface area contributed by atoms with E-state index in [-0.39, 0.29) is 5.69 Å². The summed E-state index contributed by atoms with van der Waals surface area (Å²) >= 11 is 0. The fourth-order valence-electron chi connectivity index (χ4n) is 1.87. The first-order valence-corrected chi connectivity index (χ1v) is 7.25. The summed E-state index contributed by atoms with van der Waals surface area (Å²) in [5.41, 5.74) is -2.88. The van der Waals surface area contributed by atoms with Crippen molar-refractivity contribution in [1.82, 2.24) is 0 Å². The van der Waals surface area contributed by atoms with Crippen molar-refractivity contribution in [2.75, 3.05) is 10.6 Å². The molecule has 0 radical (unpaired) electrons. The summed E-state index contributed by atoms with van der Waals surface area (Å²) in [5.74, 6) is -8.79. The molecule has 9 heteroatoms. The first-order chi connectivity index (χ1) is 12.0. The van der Waals surface area contributed by atoms with Crippen LogP contribution in [-0.4, -0.2) is 11.8 Å². The Hall–Kier alpha value is -2.97. The zero-order chi connectivity index (χ0) is 19.6. The second-order valence-corrected chi connectivity index (χ2v) is 5.88. The van der Waals surface area contributed by atoms with Crippen LogP contribution in [0, 0.1) is 34.5 Å². The lowest BCUT2D eigenvalue weighted by molar-refractivity contribution is -0.135. The molecule has 0 bridgehead atoms. The predicted octanol–water partition coefficient (Wildman–Crippen LogP) is 3.99. The largest absolute Gasteiger partial charge is 0.323 e. The van der Waals surface area contributed by atoms with E-state index in [9.17, 15) is 31.5 Å². The summed E-state index contributed by atoms with van der Waals surface area (Å²) in [6.45, 7) is 2.30. The van der Waals surface area contributed by atoms with Crippen molar-refractivity contribution in [3.63, 3.8) is 0 Å². The molecular weight excluding hydrogens is 359 g/mol. The third-order valence-corrected chi connectivity index (χ3v) is 3.60. The molecule has 0 aliphatic carbocycles. The summed E-state index contributed by atoms with van der Waals surface area (Å²) in [7, 11) is 0. The lowest BCUT2D eigenvalue weighted by Crippen LogP contribution is -2.42. The first kappa shape index (κ1) is 19.4. The van der Waals surface area contributed by atoms with Gasteiger partial charge in [0.1, 0.15) is 17.0 Å². The molecule has 2 amide bonds. The van der Waals surface area contributed by atoms with E-state index < -0.39 is 52.0 Å². The third kappa shape index (κ3) is 3.81. The number of hydrogen-bond donors (Lipinski definition) is 2. The highest BCUT2D eigenvalue weighted by Crippen LogP contribution is 2.25. The van der Waals surface area contributed by atoms with Gasteiger partial charge < -0.3 is 10.6 Å². The molecule has 26 heavy (non-hydrogen) atoms. The fraction of sp³-hybridized carbons (Fsp3) is 0.176. The van der Waals surface area contributed by atoms with Gasteiger partial charge >= 0.3 is 0 Å². The molecule has 2 N–H and O–H groups in total. The smallest absolute Gasteiger partial charge is 0.239 e. The molecule has 4 nitrogen and oxygen atoms in total. The molecule has 0 saturated heterocycles. The number of nitrogens with one attached hydrogen (secondary N) is 2. The van der Waals surface area contributed by atoms with Crippen LogP contribution in [0.1, 0.15) is 13.8 Å². The van der Waals surface area contributed by atoms with Crippen molar-refractivity contribution >= 4 is 23.2 Å². The van der Waals surface area contributed by atoms with Crippen LogP contribution in [0.2, 0.25) is 0 Å². The van der Waals surface area contributed by atoms with Crippen LogP contribution in [0.15, 0.2) is 30.3 Å². The minimum atomic E-state index is -1.85. The van der Waals surface area contributed by atoms with Crippen molar-refractivity contribution in [1.29, 1.82) is 0 Å². The molecule has 0 saturated carbocycles. The van der Waals surface area contributed by atoms with Gasteiger partial charge in [-0.3, -0.25) is 9.59 Å². The quantitative estimate of drug-likeness (QED) is 0.485. The average molecular weight is 372 g/mol. The Labute approximate surface area is 145 Å². The van der Waals surface area contributed by atoms with Gasteiger partial charge in [0.05, 0.1) is 11.4 Å². The van der Waals surface area contributed by atoms with Crippen molar-refractivity contribution in [3.05, 3.63) is 59.4 Å². The molecule has 2 aromatic carbocycles. The van der Waals surface area contributed by atoms with E-state index in [4.69, 9.17) is 0 Å². The number of rotatable bonds is 4. The van der Waals surface area contributed by atoms with Crippen LogP contribution in [0.3, 0.4) is 0 Å². The Balaban J connectivity index is 2.19. The second kappa shape index (κ2) is 7.11. The van der Waals surface area contributed by atoms with Crippen molar-refractivity contribution < 1.29 is 31.5 Å². The highest BCUT2D eigenvalue weighted by Gasteiger charge is 2.37. The van der Waals surface area contributed by atoms with Gasteiger partial charge in [-0.05, 0) is 38.1 Å². The Morgan fingerprint density at radius 2 is 1.31 bits per heavy atom. The summed E-state index contributed by atoms with van der Waals surface area (Å²) < 4.78 is 66.2. The molecule has 2 rings (SSSR count). The molecule has 2 aromatic rings. The number of carbonyl (C=O) groups excluding carboxylic acids is 2. The maximum Gasteiger partial charge on any atom is 0.239 e. The maximum absolute atomic E-state index is 13.6. The van der Waals surface area contributed by atoms with Crippen molar-refractivity contribution in [3.8, 4) is 0 Å². The van der Waals surface area contributed by atoms with Gasteiger partial charge in [0.2, 0.25) is 11.8 Å². The van der Waals surface area contributed by atoms with E-state index in [0.29, 0.717) is 12.1 Å². The van der Waals surface area contributed by atoms with Crippen LogP contribution in [0.5, 0.6) is 0 Å². The third-order valence-electron chi connectivity index (χ3n) is 3.60. The molecule has 0 aromatic heterocycles. The van der Waals surface area contributed by atoms with Gasteiger partial charge in [0, 0.05) is 6.07 Å². The van der Waals surface area contributed by atoms with Crippen LogP contribution in [0.4, 0.5) is 33.3 Å². The molecular formula is C17H13F5N2O2. The number of benzene rings is 2. The second-order valence-electron chi connectivity index (χ2n) is 5.88. The lowest BCUT2D eigenvalue weighted by atomic mass is 9.90. The van der Waals surface area contributed by atoms with E-state index in [1.165, 1.54) is 0 Å². The molecule has 0 heterocycles. The SMILES string of the molecule is CC(C)(C(=O)Nc1ccc(F)cc1F)C(=O)Nc1ccc(F)c(F)c1F. The molecule has 0 spiro atoms. The number of carbonyl (C=O) groups is 2. The lowest BCUT2D eigenvalue weighted by Gasteiger charge is -2.23. The Kier molecular flexibility index (Phi) is 5.29. The van der Waals surface area contributed by atoms with Gasteiger partial charge in [0.25, 0.3) is 0 Å². The zero-order valence-corrected chi connectivity index (χ0v) is 13.6.